The van der Waals surface area contributed by atoms with Crippen LogP contribution in [0, 0.1) is 13.8 Å². The molecular formula is C23H25N3O4S. The largest absolute Gasteiger partial charge is 0.502 e. The van der Waals surface area contributed by atoms with E-state index in [0.717, 1.165) is 28.1 Å². The molecule has 1 aliphatic rings. The van der Waals surface area contributed by atoms with Crippen LogP contribution in [0.15, 0.2) is 36.4 Å². The Morgan fingerprint density at radius 2 is 1.77 bits per heavy atom. The molecule has 2 aromatic carbocycles. The molecule has 0 aliphatic carbocycles. The Hall–Kier alpha value is -3.13. The van der Waals surface area contributed by atoms with Crippen LogP contribution in [0.25, 0.3) is 5.69 Å². The van der Waals surface area contributed by atoms with E-state index in [1.807, 2.05) is 45.0 Å². The van der Waals surface area contributed by atoms with Gasteiger partial charge in [-0.05, 0) is 50.1 Å². The maximum absolute atomic E-state index is 12.9. The number of benzene rings is 2. The van der Waals surface area contributed by atoms with Crippen LogP contribution in [-0.2, 0) is 4.79 Å². The average Bonchev–Trinajstić information content (AvgIpc) is 3.00. The van der Waals surface area contributed by atoms with Gasteiger partial charge in [-0.25, -0.2) is 4.68 Å². The van der Waals surface area contributed by atoms with E-state index in [1.165, 1.54) is 26.0 Å². The lowest BCUT2D eigenvalue weighted by atomic mass is 10.0. The summed E-state index contributed by atoms with van der Waals surface area (Å²) in [7, 11) is 3.00. The average molecular weight is 440 g/mol. The highest BCUT2D eigenvalue weighted by molar-refractivity contribution is 8.01. The smallest absolute Gasteiger partial charge is 0.238 e. The minimum absolute atomic E-state index is 0.0535. The molecule has 0 saturated carbocycles. The quantitative estimate of drug-likeness (QED) is 0.628. The number of fused-ring (bicyclic) bond motifs is 1. The van der Waals surface area contributed by atoms with Gasteiger partial charge in [0.25, 0.3) is 0 Å². The standard InChI is InChI=1S/C23H25N3O4S/c1-12-8-6-7-9-16(12)26-22-19(13(2)25-26)21(31-14(3)23(28)24-22)15-10-17(29-4)20(27)18(11-15)30-5/h6-11,14,21,27H,1-5H3,(H,24,28). The molecule has 1 aliphatic heterocycles. The predicted molar refractivity (Wildman–Crippen MR) is 122 cm³/mol. The highest BCUT2D eigenvalue weighted by Gasteiger charge is 2.35. The van der Waals surface area contributed by atoms with Crippen molar-refractivity contribution in [3.63, 3.8) is 0 Å². The van der Waals surface area contributed by atoms with E-state index < -0.39 is 0 Å². The van der Waals surface area contributed by atoms with Crippen LogP contribution in [0.1, 0.15) is 34.6 Å². The Bertz CT molecular complexity index is 1130. The van der Waals surface area contributed by atoms with Gasteiger partial charge in [-0.2, -0.15) is 5.10 Å². The van der Waals surface area contributed by atoms with E-state index >= 15 is 0 Å². The minimum Gasteiger partial charge on any atom is -0.502 e. The number of carbonyl (C=O) groups excluding carboxylic acids is 1. The van der Waals surface area contributed by atoms with Crippen molar-refractivity contribution < 1.29 is 19.4 Å². The van der Waals surface area contributed by atoms with Gasteiger partial charge < -0.3 is 19.9 Å². The minimum atomic E-state index is -0.298. The first-order chi connectivity index (χ1) is 14.8. The number of phenolic OH excluding ortho intramolecular Hbond substituents is 1. The molecule has 2 unspecified atom stereocenters. The van der Waals surface area contributed by atoms with Crippen molar-refractivity contribution in [1.82, 2.24) is 9.78 Å². The zero-order valence-corrected chi connectivity index (χ0v) is 18.9. The predicted octanol–water partition coefficient (Wildman–Crippen LogP) is 4.38. The van der Waals surface area contributed by atoms with Gasteiger partial charge in [0.15, 0.2) is 11.5 Å². The number of aromatic nitrogens is 2. The van der Waals surface area contributed by atoms with Gasteiger partial charge in [-0.3, -0.25) is 4.79 Å². The first-order valence-electron chi connectivity index (χ1n) is 9.92. The molecule has 1 aromatic heterocycles. The SMILES string of the molecule is COc1cc(C2SC(C)C(=O)Nc3c2c(C)nn3-c2ccccc2C)cc(OC)c1O. The summed E-state index contributed by atoms with van der Waals surface area (Å²) in [6.07, 6.45) is 0. The van der Waals surface area contributed by atoms with Crippen LogP contribution in [0.3, 0.4) is 0 Å². The van der Waals surface area contributed by atoms with Crippen molar-refractivity contribution in [1.29, 1.82) is 0 Å². The summed E-state index contributed by atoms with van der Waals surface area (Å²) in [4.78, 5) is 12.9. The zero-order valence-electron chi connectivity index (χ0n) is 18.1. The summed E-state index contributed by atoms with van der Waals surface area (Å²) in [5.74, 6) is 1.15. The van der Waals surface area contributed by atoms with Gasteiger partial charge in [0.2, 0.25) is 11.7 Å². The summed E-state index contributed by atoms with van der Waals surface area (Å²) in [5.41, 5.74) is 4.55. The van der Waals surface area contributed by atoms with Crippen molar-refractivity contribution in [3.05, 3.63) is 58.8 Å². The number of hydrogen-bond donors (Lipinski definition) is 2. The Labute approximate surface area is 185 Å². The van der Waals surface area contributed by atoms with Gasteiger partial charge >= 0.3 is 0 Å². The van der Waals surface area contributed by atoms with Crippen LogP contribution in [0.4, 0.5) is 5.82 Å². The Balaban J connectivity index is 1.95. The first kappa shape index (κ1) is 21.1. The molecule has 4 rings (SSSR count). The van der Waals surface area contributed by atoms with Crippen molar-refractivity contribution in [2.24, 2.45) is 0 Å². The van der Waals surface area contributed by atoms with Gasteiger partial charge in [-0.15, -0.1) is 11.8 Å². The van der Waals surface area contributed by atoms with Crippen molar-refractivity contribution in [3.8, 4) is 22.9 Å². The van der Waals surface area contributed by atoms with Crippen LogP contribution >= 0.6 is 11.8 Å². The number of nitrogens with zero attached hydrogens (tertiary/aromatic N) is 2. The molecule has 162 valence electrons. The summed E-state index contributed by atoms with van der Waals surface area (Å²) >= 11 is 1.52. The number of hydrogen-bond acceptors (Lipinski definition) is 6. The van der Waals surface area contributed by atoms with E-state index in [9.17, 15) is 9.90 Å². The van der Waals surface area contributed by atoms with Crippen LogP contribution in [0.2, 0.25) is 0 Å². The third-order valence-corrected chi connectivity index (χ3v) is 6.87. The number of aryl methyl sites for hydroxylation is 2. The fourth-order valence-electron chi connectivity index (χ4n) is 3.81. The Kier molecular flexibility index (Phi) is 5.58. The van der Waals surface area contributed by atoms with E-state index in [2.05, 4.69) is 5.32 Å². The van der Waals surface area contributed by atoms with Crippen molar-refractivity contribution >= 4 is 23.5 Å². The number of nitrogens with one attached hydrogen (secondary N) is 1. The van der Waals surface area contributed by atoms with Gasteiger partial charge in [0, 0.05) is 5.56 Å². The lowest BCUT2D eigenvalue weighted by Crippen LogP contribution is -2.22. The molecule has 0 bridgehead atoms. The maximum Gasteiger partial charge on any atom is 0.238 e. The van der Waals surface area contributed by atoms with E-state index in [-0.39, 0.29) is 22.2 Å². The van der Waals surface area contributed by atoms with Crippen LogP contribution in [-0.4, -0.2) is 40.3 Å². The Morgan fingerprint density at radius 1 is 1.13 bits per heavy atom. The molecule has 2 heterocycles. The zero-order chi connectivity index (χ0) is 22.3. The molecule has 2 N–H and O–H groups in total. The molecule has 31 heavy (non-hydrogen) atoms. The normalized spacial score (nSPS) is 18.2. The molecule has 2 atom stereocenters. The number of amides is 1. The molecule has 0 saturated heterocycles. The fraction of sp³-hybridized carbons (Fsp3) is 0.304. The summed E-state index contributed by atoms with van der Waals surface area (Å²) in [6, 6.07) is 11.5. The Morgan fingerprint density at radius 3 is 2.39 bits per heavy atom. The van der Waals surface area contributed by atoms with Crippen LogP contribution < -0.4 is 14.8 Å². The number of aromatic hydroxyl groups is 1. The monoisotopic (exact) mass is 439 g/mol. The van der Waals surface area contributed by atoms with Crippen LogP contribution in [0.5, 0.6) is 17.2 Å². The summed E-state index contributed by atoms with van der Waals surface area (Å²) in [5, 5.41) is 17.7. The number of para-hydroxylation sites is 1. The molecule has 3 aromatic rings. The fourth-order valence-corrected chi connectivity index (χ4v) is 5.11. The number of anilines is 1. The van der Waals surface area contributed by atoms with E-state index in [0.29, 0.717) is 17.3 Å². The number of phenols is 1. The number of rotatable bonds is 4. The van der Waals surface area contributed by atoms with E-state index in [1.54, 1.807) is 16.8 Å². The molecule has 7 nitrogen and oxygen atoms in total. The second kappa shape index (κ2) is 8.19. The molecule has 1 amide bonds. The molecule has 8 heteroatoms. The number of carbonyl (C=O) groups is 1. The van der Waals surface area contributed by atoms with E-state index in [4.69, 9.17) is 14.6 Å². The van der Waals surface area contributed by atoms with Gasteiger partial charge in [-0.1, -0.05) is 18.2 Å². The summed E-state index contributed by atoms with van der Waals surface area (Å²) < 4.78 is 12.5. The molecule has 0 radical (unpaired) electrons. The number of methoxy groups -OCH3 is 2. The van der Waals surface area contributed by atoms with Gasteiger partial charge in [0.1, 0.15) is 5.82 Å². The van der Waals surface area contributed by atoms with Crippen molar-refractivity contribution in [2.75, 3.05) is 19.5 Å². The first-order valence-corrected chi connectivity index (χ1v) is 10.9. The lowest BCUT2D eigenvalue weighted by molar-refractivity contribution is -0.115. The third kappa shape index (κ3) is 3.61. The topological polar surface area (TPSA) is 85.6 Å². The molecule has 0 spiro atoms. The third-order valence-electron chi connectivity index (χ3n) is 5.47. The van der Waals surface area contributed by atoms with Gasteiger partial charge in [0.05, 0.1) is 36.1 Å². The molecule has 0 fully saturated rings. The number of ether oxygens (including phenoxy) is 2. The number of thioether (sulfide) groups is 1. The lowest BCUT2D eigenvalue weighted by Gasteiger charge is -2.20. The van der Waals surface area contributed by atoms with Crippen molar-refractivity contribution in [2.45, 2.75) is 31.3 Å². The summed E-state index contributed by atoms with van der Waals surface area (Å²) in [6.45, 7) is 5.84. The highest BCUT2D eigenvalue weighted by Crippen LogP contribution is 2.49. The second-order valence-corrected chi connectivity index (χ2v) is 8.92. The molecular weight excluding hydrogens is 414 g/mol. The maximum atomic E-state index is 12.9. The highest BCUT2D eigenvalue weighted by atomic mass is 32.2. The second-order valence-electron chi connectivity index (χ2n) is 7.47.